The zero-order chi connectivity index (χ0) is 28.4. The molecule has 1 aliphatic rings. The number of amides is 1. The number of rotatable bonds is 6. The molecule has 40 heavy (non-hydrogen) atoms. The van der Waals surface area contributed by atoms with Gasteiger partial charge in [-0.25, -0.2) is 14.6 Å². The van der Waals surface area contributed by atoms with Gasteiger partial charge in [-0.2, -0.15) is 13.2 Å². The Morgan fingerprint density at radius 1 is 1.05 bits per heavy atom. The molecule has 3 heterocycles. The third kappa shape index (κ3) is 5.77. The number of benzene rings is 2. The van der Waals surface area contributed by atoms with Crippen molar-refractivity contribution < 1.29 is 18.0 Å². The average Bonchev–Trinajstić information content (AvgIpc) is 3.44. The highest BCUT2D eigenvalue weighted by molar-refractivity contribution is 6.34. The summed E-state index contributed by atoms with van der Waals surface area (Å²) in [6, 6.07) is 7.35. The summed E-state index contributed by atoms with van der Waals surface area (Å²) < 4.78 is 43.3. The molecular weight excluding hydrogens is 545 g/mol. The van der Waals surface area contributed by atoms with Gasteiger partial charge in [0.1, 0.15) is 12.0 Å². The Hall–Kier alpha value is -4.03. The maximum Gasteiger partial charge on any atom is 0.417 e. The molecule has 9 nitrogen and oxygen atoms in total. The van der Waals surface area contributed by atoms with E-state index in [1.165, 1.54) is 12.4 Å². The van der Waals surface area contributed by atoms with Gasteiger partial charge in [-0.15, -0.1) is 5.10 Å². The van der Waals surface area contributed by atoms with Crippen molar-refractivity contribution in [2.75, 3.05) is 42.9 Å². The minimum absolute atomic E-state index is 0.140. The number of alkyl halides is 3. The zero-order valence-corrected chi connectivity index (χ0v) is 22.5. The average molecular weight is 571 g/mol. The monoisotopic (exact) mass is 570 g/mol. The molecule has 5 rings (SSSR count). The molecule has 0 radical (unpaired) electrons. The third-order valence-corrected chi connectivity index (χ3v) is 7.24. The first-order valence-electron chi connectivity index (χ1n) is 12.6. The lowest BCUT2D eigenvalue weighted by Crippen LogP contribution is -2.46. The topological polar surface area (TPSA) is 92.1 Å². The SMILES string of the molecule is CCN1CCN(c2cc(C(=O)Nc3ccc(C)c(-n4cc(-c5cncnc5)nn4)c3)cc(C(F)(F)F)c2Cl)CC1. The molecule has 0 atom stereocenters. The van der Waals surface area contributed by atoms with E-state index >= 15 is 0 Å². The highest BCUT2D eigenvalue weighted by Gasteiger charge is 2.36. The first kappa shape index (κ1) is 27.5. The van der Waals surface area contributed by atoms with Crippen LogP contribution in [0.2, 0.25) is 5.02 Å². The van der Waals surface area contributed by atoms with E-state index in [0.717, 1.165) is 18.2 Å². The Kier molecular flexibility index (Phi) is 7.72. The quantitative estimate of drug-likeness (QED) is 0.345. The van der Waals surface area contributed by atoms with E-state index in [1.54, 1.807) is 46.4 Å². The van der Waals surface area contributed by atoms with Crippen LogP contribution in [0.15, 0.2) is 55.2 Å². The molecule has 2 aromatic heterocycles. The van der Waals surface area contributed by atoms with Crippen molar-refractivity contribution >= 4 is 28.9 Å². The van der Waals surface area contributed by atoms with E-state index in [2.05, 4.69) is 30.5 Å². The van der Waals surface area contributed by atoms with Gasteiger partial charge in [-0.05, 0) is 43.3 Å². The van der Waals surface area contributed by atoms with Crippen LogP contribution in [-0.2, 0) is 6.18 Å². The first-order valence-corrected chi connectivity index (χ1v) is 13.0. The fraction of sp³-hybridized carbons (Fsp3) is 0.296. The van der Waals surface area contributed by atoms with E-state index in [4.69, 9.17) is 11.6 Å². The molecular formula is C27H26ClF3N8O. The highest BCUT2D eigenvalue weighted by atomic mass is 35.5. The standard InChI is InChI=1S/C27H26ClF3N8O/c1-3-37-6-8-38(9-7-37)24-11-18(10-21(25(24)28)27(29,30)31)26(40)34-20-5-4-17(2)23(12-20)39-15-22(35-36-39)19-13-32-16-33-14-19/h4-5,10-16H,3,6-9H2,1-2H3,(H,34,40). The van der Waals surface area contributed by atoms with Crippen LogP contribution in [0.1, 0.15) is 28.4 Å². The van der Waals surface area contributed by atoms with Crippen molar-refractivity contribution in [2.45, 2.75) is 20.0 Å². The van der Waals surface area contributed by atoms with E-state index in [0.29, 0.717) is 48.8 Å². The van der Waals surface area contributed by atoms with Crippen molar-refractivity contribution in [1.29, 1.82) is 0 Å². The molecule has 4 aromatic rings. The van der Waals surface area contributed by atoms with Crippen LogP contribution >= 0.6 is 11.6 Å². The number of carbonyl (C=O) groups excluding carboxylic acids is 1. The fourth-order valence-electron chi connectivity index (χ4n) is 4.56. The molecule has 0 saturated carbocycles. The smallest absolute Gasteiger partial charge is 0.368 e. The molecule has 0 aliphatic carbocycles. The Bertz CT molecular complexity index is 1520. The van der Waals surface area contributed by atoms with Crippen LogP contribution in [0.5, 0.6) is 0 Å². The van der Waals surface area contributed by atoms with Crippen molar-refractivity contribution in [3.63, 3.8) is 0 Å². The largest absolute Gasteiger partial charge is 0.417 e. The van der Waals surface area contributed by atoms with Crippen molar-refractivity contribution in [3.05, 3.63) is 77.0 Å². The lowest BCUT2D eigenvalue weighted by molar-refractivity contribution is -0.137. The number of aryl methyl sites for hydroxylation is 1. The number of nitrogens with one attached hydrogen (secondary N) is 1. The van der Waals surface area contributed by atoms with Crippen LogP contribution in [0.4, 0.5) is 24.5 Å². The van der Waals surface area contributed by atoms with Crippen LogP contribution in [-0.4, -0.2) is 68.5 Å². The maximum atomic E-state index is 13.9. The number of hydrogen-bond acceptors (Lipinski definition) is 7. The van der Waals surface area contributed by atoms with Gasteiger partial charge in [0.15, 0.2) is 0 Å². The molecule has 0 unspecified atom stereocenters. The zero-order valence-electron chi connectivity index (χ0n) is 21.8. The second-order valence-corrected chi connectivity index (χ2v) is 9.78. The number of hydrogen-bond donors (Lipinski definition) is 1. The van der Waals surface area contributed by atoms with Gasteiger partial charge in [0.2, 0.25) is 0 Å². The molecule has 1 fully saturated rings. The number of piperazine rings is 1. The number of anilines is 2. The van der Waals surface area contributed by atoms with Gasteiger partial charge in [0.25, 0.3) is 5.91 Å². The van der Waals surface area contributed by atoms with Crippen molar-refractivity contribution in [3.8, 4) is 16.9 Å². The van der Waals surface area contributed by atoms with Gasteiger partial charge in [0, 0.05) is 55.4 Å². The molecule has 0 bridgehead atoms. The Morgan fingerprint density at radius 2 is 1.77 bits per heavy atom. The van der Waals surface area contributed by atoms with Crippen LogP contribution in [0.25, 0.3) is 16.9 Å². The van der Waals surface area contributed by atoms with Gasteiger partial charge >= 0.3 is 6.18 Å². The third-order valence-electron chi connectivity index (χ3n) is 6.84. The van der Waals surface area contributed by atoms with E-state index < -0.39 is 22.7 Å². The van der Waals surface area contributed by atoms with Crippen molar-refractivity contribution in [2.24, 2.45) is 0 Å². The number of nitrogens with zero attached hydrogens (tertiary/aromatic N) is 7. The van der Waals surface area contributed by atoms with Crippen molar-refractivity contribution in [1.82, 2.24) is 29.9 Å². The number of likely N-dealkylation sites (N-methyl/N-ethyl adjacent to an activating group) is 1. The Labute approximate surface area is 233 Å². The summed E-state index contributed by atoms with van der Waals surface area (Å²) in [4.78, 5) is 25.2. The Morgan fingerprint density at radius 3 is 2.45 bits per heavy atom. The second-order valence-electron chi connectivity index (χ2n) is 9.41. The van der Waals surface area contributed by atoms with E-state index in [1.807, 2.05) is 13.8 Å². The summed E-state index contributed by atoms with van der Waals surface area (Å²) in [5.74, 6) is -0.689. The molecule has 1 aliphatic heterocycles. The molecule has 1 N–H and O–H groups in total. The summed E-state index contributed by atoms with van der Waals surface area (Å²) in [6.07, 6.45) is 1.62. The minimum Gasteiger partial charge on any atom is -0.368 e. The summed E-state index contributed by atoms with van der Waals surface area (Å²) >= 11 is 6.26. The van der Waals surface area contributed by atoms with Crippen LogP contribution in [0.3, 0.4) is 0 Å². The number of carbonyl (C=O) groups is 1. The molecule has 0 spiro atoms. The second kappa shape index (κ2) is 11.2. The predicted molar refractivity (Wildman–Crippen MR) is 146 cm³/mol. The maximum absolute atomic E-state index is 13.9. The number of aromatic nitrogens is 5. The van der Waals surface area contributed by atoms with Gasteiger partial charge < -0.3 is 15.1 Å². The predicted octanol–water partition coefficient (Wildman–Crippen LogP) is 5.10. The minimum atomic E-state index is -4.72. The lowest BCUT2D eigenvalue weighted by Gasteiger charge is -2.36. The number of halogens is 4. The molecule has 1 amide bonds. The van der Waals surface area contributed by atoms with E-state index in [9.17, 15) is 18.0 Å². The van der Waals surface area contributed by atoms with Crippen LogP contribution < -0.4 is 10.2 Å². The summed E-state index contributed by atoms with van der Waals surface area (Å²) in [7, 11) is 0. The van der Waals surface area contributed by atoms with Gasteiger partial charge in [0.05, 0.1) is 28.2 Å². The van der Waals surface area contributed by atoms with Gasteiger partial charge in [-0.1, -0.05) is 29.8 Å². The fourth-order valence-corrected chi connectivity index (χ4v) is 4.90. The summed E-state index contributed by atoms with van der Waals surface area (Å²) in [5, 5.41) is 10.7. The van der Waals surface area contributed by atoms with Crippen LogP contribution in [0, 0.1) is 6.92 Å². The molecule has 2 aromatic carbocycles. The highest BCUT2D eigenvalue weighted by Crippen LogP contribution is 2.41. The first-order chi connectivity index (χ1) is 19.1. The summed E-state index contributed by atoms with van der Waals surface area (Å²) in [5.41, 5.74) is 2.12. The molecule has 208 valence electrons. The molecule has 1 saturated heterocycles. The lowest BCUT2D eigenvalue weighted by atomic mass is 10.1. The Balaban J connectivity index is 1.43. The molecule has 13 heteroatoms. The summed E-state index contributed by atoms with van der Waals surface area (Å²) in [6.45, 7) is 7.15. The van der Waals surface area contributed by atoms with E-state index in [-0.39, 0.29) is 11.3 Å². The van der Waals surface area contributed by atoms with Gasteiger partial charge in [-0.3, -0.25) is 4.79 Å². The normalized spacial score (nSPS) is 14.4.